The van der Waals surface area contributed by atoms with Gasteiger partial charge in [-0.1, -0.05) is 32.0 Å². The third-order valence-electron chi connectivity index (χ3n) is 4.21. The minimum absolute atomic E-state index is 0.343. The van der Waals surface area contributed by atoms with Gasteiger partial charge in [0.05, 0.1) is 12.7 Å². The van der Waals surface area contributed by atoms with Crippen molar-refractivity contribution < 1.29 is 9.84 Å². The second kappa shape index (κ2) is 7.52. The zero-order valence-corrected chi connectivity index (χ0v) is 14.1. The number of methoxy groups -OCH3 is 1. The smallest absolute Gasteiger partial charge is 0.122 e. The van der Waals surface area contributed by atoms with Crippen LogP contribution in [0, 0.1) is 5.92 Å². The third-order valence-corrected chi connectivity index (χ3v) is 5.45. The summed E-state index contributed by atoms with van der Waals surface area (Å²) in [6.07, 6.45) is 1.81. The van der Waals surface area contributed by atoms with E-state index in [1.54, 1.807) is 7.11 Å². The molecule has 0 bridgehead atoms. The molecule has 2 rings (SSSR count). The van der Waals surface area contributed by atoms with Crippen LogP contribution in [-0.2, 0) is 6.42 Å². The summed E-state index contributed by atoms with van der Waals surface area (Å²) in [5, 5.41) is 14.1. The van der Waals surface area contributed by atoms with Gasteiger partial charge < -0.3 is 15.2 Å². The van der Waals surface area contributed by atoms with E-state index >= 15 is 0 Å². The van der Waals surface area contributed by atoms with Crippen molar-refractivity contribution >= 4 is 11.8 Å². The van der Waals surface area contributed by atoms with Gasteiger partial charge in [-0.25, -0.2) is 0 Å². The fourth-order valence-corrected chi connectivity index (χ4v) is 4.00. The molecule has 0 aliphatic carbocycles. The molecular weight excluding hydrogens is 282 g/mol. The first-order chi connectivity index (χ1) is 10.0. The summed E-state index contributed by atoms with van der Waals surface area (Å²) in [6, 6.07) is 8.52. The highest BCUT2D eigenvalue weighted by molar-refractivity contribution is 7.99. The summed E-state index contributed by atoms with van der Waals surface area (Å²) in [4.78, 5) is 0. The molecule has 1 fully saturated rings. The lowest BCUT2D eigenvalue weighted by molar-refractivity contribution is 0.0626. The lowest BCUT2D eigenvalue weighted by Crippen LogP contribution is -2.47. The van der Waals surface area contributed by atoms with Crippen LogP contribution in [0.5, 0.6) is 5.75 Å². The molecule has 1 aromatic rings. The fraction of sp³-hybridized carbons (Fsp3) is 0.647. The second-order valence-electron chi connectivity index (χ2n) is 6.27. The largest absolute Gasteiger partial charge is 0.496 e. The number of hydrogen-bond donors (Lipinski definition) is 2. The summed E-state index contributed by atoms with van der Waals surface area (Å²) in [7, 11) is 1.72. The maximum atomic E-state index is 10.5. The molecule has 1 heterocycles. The maximum Gasteiger partial charge on any atom is 0.122 e. The van der Waals surface area contributed by atoms with Crippen LogP contribution < -0.4 is 10.1 Å². The molecule has 2 N–H and O–H groups in total. The molecule has 21 heavy (non-hydrogen) atoms. The van der Waals surface area contributed by atoms with Crippen LogP contribution in [0.15, 0.2) is 24.3 Å². The summed E-state index contributed by atoms with van der Waals surface area (Å²) < 4.78 is 5.44. The third kappa shape index (κ3) is 4.63. The van der Waals surface area contributed by atoms with Gasteiger partial charge in [-0.15, -0.1) is 0 Å². The van der Waals surface area contributed by atoms with Gasteiger partial charge >= 0.3 is 0 Å². The van der Waals surface area contributed by atoms with E-state index in [9.17, 15) is 5.11 Å². The Morgan fingerprint density at radius 3 is 2.76 bits per heavy atom. The molecule has 0 amide bonds. The van der Waals surface area contributed by atoms with Crippen LogP contribution in [0.4, 0.5) is 0 Å². The van der Waals surface area contributed by atoms with Crippen molar-refractivity contribution in [3.05, 3.63) is 29.8 Å². The molecule has 0 saturated carbocycles. The van der Waals surface area contributed by atoms with Crippen molar-refractivity contribution in [1.29, 1.82) is 0 Å². The Kier molecular flexibility index (Phi) is 5.97. The van der Waals surface area contributed by atoms with Crippen molar-refractivity contribution in [2.75, 3.05) is 25.2 Å². The summed E-state index contributed by atoms with van der Waals surface area (Å²) in [6.45, 7) is 5.12. The van der Waals surface area contributed by atoms with E-state index in [2.05, 4.69) is 31.3 Å². The number of thioether (sulfide) groups is 1. The van der Waals surface area contributed by atoms with Crippen LogP contribution in [0.3, 0.4) is 0 Å². The predicted octanol–water partition coefficient (Wildman–Crippen LogP) is 2.72. The maximum absolute atomic E-state index is 10.5. The minimum Gasteiger partial charge on any atom is -0.496 e. The zero-order chi connectivity index (χ0) is 15.3. The molecule has 0 radical (unpaired) electrons. The van der Waals surface area contributed by atoms with Gasteiger partial charge in [0.2, 0.25) is 0 Å². The van der Waals surface area contributed by atoms with Crippen molar-refractivity contribution in [2.24, 2.45) is 5.92 Å². The molecule has 1 aliphatic heterocycles. The standard InChI is InChI=1S/C17H27NO2S/c1-13(2)15(18-11-17(19)8-9-21-12-17)10-14-6-4-5-7-16(14)20-3/h4-7,13,15,18-19H,8-12H2,1-3H3. The van der Waals surface area contributed by atoms with Gasteiger partial charge in [0, 0.05) is 18.3 Å². The van der Waals surface area contributed by atoms with Crippen LogP contribution in [-0.4, -0.2) is 41.9 Å². The Balaban J connectivity index is 1.98. The minimum atomic E-state index is -0.529. The Bertz CT molecular complexity index is 444. The van der Waals surface area contributed by atoms with Gasteiger partial charge in [0.25, 0.3) is 0 Å². The first kappa shape index (κ1) is 16.7. The first-order valence-electron chi connectivity index (χ1n) is 7.69. The molecule has 1 aromatic carbocycles. The van der Waals surface area contributed by atoms with Gasteiger partial charge in [-0.2, -0.15) is 11.8 Å². The highest BCUT2D eigenvalue weighted by Gasteiger charge is 2.32. The van der Waals surface area contributed by atoms with E-state index in [4.69, 9.17) is 4.74 Å². The molecule has 1 aliphatic rings. The van der Waals surface area contributed by atoms with Crippen LogP contribution >= 0.6 is 11.8 Å². The monoisotopic (exact) mass is 309 g/mol. The number of benzene rings is 1. The Hall–Kier alpha value is -0.710. The highest BCUT2D eigenvalue weighted by Crippen LogP contribution is 2.28. The summed E-state index contributed by atoms with van der Waals surface area (Å²) in [5.74, 6) is 3.36. The lowest BCUT2D eigenvalue weighted by Gasteiger charge is -2.29. The summed E-state index contributed by atoms with van der Waals surface area (Å²) >= 11 is 1.84. The number of ether oxygens (including phenoxy) is 1. The van der Waals surface area contributed by atoms with Gasteiger partial charge in [0.1, 0.15) is 5.75 Å². The molecule has 1 saturated heterocycles. The molecule has 3 nitrogen and oxygen atoms in total. The number of hydrogen-bond acceptors (Lipinski definition) is 4. The SMILES string of the molecule is COc1ccccc1CC(NCC1(O)CCSC1)C(C)C. The average molecular weight is 309 g/mol. The van der Waals surface area contributed by atoms with Crippen molar-refractivity contribution in [3.63, 3.8) is 0 Å². The average Bonchev–Trinajstić information content (AvgIpc) is 2.90. The van der Waals surface area contributed by atoms with E-state index in [-0.39, 0.29) is 0 Å². The van der Waals surface area contributed by atoms with Gasteiger partial charge in [0.15, 0.2) is 0 Å². The van der Waals surface area contributed by atoms with Crippen molar-refractivity contribution in [3.8, 4) is 5.75 Å². The topological polar surface area (TPSA) is 41.5 Å². The molecule has 0 spiro atoms. The van der Waals surface area contributed by atoms with E-state index in [1.807, 2.05) is 23.9 Å². The quantitative estimate of drug-likeness (QED) is 0.812. The number of aliphatic hydroxyl groups is 1. The van der Waals surface area contributed by atoms with Crippen molar-refractivity contribution in [1.82, 2.24) is 5.32 Å². The van der Waals surface area contributed by atoms with Crippen molar-refractivity contribution in [2.45, 2.75) is 38.3 Å². The zero-order valence-electron chi connectivity index (χ0n) is 13.3. The molecule has 2 atom stereocenters. The van der Waals surface area contributed by atoms with E-state index in [0.717, 1.165) is 30.1 Å². The Labute approximate surface area is 132 Å². The highest BCUT2D eigenvalue weighted by atomic mass is 32.2. The molecular formula is C17H27NO2S. The molecule has 118 valence electrons. The predicted molar refractivity (Wildman–Crippen MR) is 90.2 cm³/mol. The Morgan fingerprint density at radius 2 is 2.14 bits per heavy atom. The molecule has 4 heteroatoms. The number of nitrogens with one attached hydrogen (secondary N) is 1. The van der Waals surface area contributed by atoms with Gasteiger partial charge in [-0.05, 0) is 36.1 Å². The number of rotatable bonds is 7. The van der Waals surface area contributed by atoms with E-state index in [0.29, 0.717) is 18.5 Å². The molecule has 0 aromatic heterocycles. The lowest BCUT2D eigenvalue weighted by atomic mass is 9.94. The van der Waals surface area contributed by atoms with Gasteiger partial charge in [-0.3, -0.25) is 0 Å². The normalized spacial score (nSPS) is 23.5. The van der Waals surface area contributed by atoms with E-state index < -0.39 is 5.60 Å². The molecule has 2 unspecified atom stereocenters. The first-order valence-corrected chi connectivity index (χ1v) is 8.85. The van der Waals surface area contributed by atoms with E-state index in [1.165, 1.54) is 5.56 Å². The van der Waals surface area contributed by atoms with Crippen LogP contribution in [0.2, 0.25) is 0 Å². The summed E-state index contributed by atoms with van der Waals surface area (Å²) in [5.41, 5.74) is 0.692. The second-order valence-corrected chi connectivity index (χ2v) is 7.38. The van der Waals surface area contributed by atoms with Crippen LogP contribution in [0.25, 0.3) is 0 Å². The number of para-hydroxylation sites is 1. The fourth-order valence-electron chi connectivity index (χ4n) is 2.71. The Morgan fingerprint density at radius 1 is 1.38 bits per heavy atom. The van der Waals surface area contributed by atoms with Crippen LogP contribution in [0.1, 0.15) is 25.8 Å².